The number of rotatable bonds is 6. The molecule has 146 valence electrons. The van der Waals surface area contributed by atoms with Crippen molar-refractivity contribution in [3.05, 3.63) is 65.5 Å². The first kappa shape index (κ1) is 19.4. The number of hydrogen-bond acceptors (Lipinski definition) is 5. The van der Waals surface area contributed by atoms with E-state index in [9.17, 15) is 14.0 Å². The van der Waals surface area contributed by atoms with Gasteiger partial charge in [-0.3, -0.25) is 4.79 Å². The van der Waals surface area contributed by atoms with Gasteiger partial charge in [-0.05, 0) is 36.8 Å². The minimum absolute atomic E-state index is 0.260. The maximum atomic E-state index is 13.5. The zero-order valence-electron chi connectivity index (χ0n) is 15.3. The average molecular weight is 385 g/mol. The van der Waals surface area contributed by atoms with Crippen molar-refractivity contribution in [2.45, 2.75) is 13.0 Å². The summed E-state index contributed by atoms with van der Waals surface area (Å²) < 4.78 is 29.4. The molecule has 0 fully saturated rings. The molecule has 0 aromatic heterocycles. The quantitative estimate of drug-likeness (QED) is 0.611. The number of amides is 1. The first-order chi connectivity index (χ1) is 13.5. The van der Waals surface area contributed by atoms with Crippen LogP contribution in [-0.4, -0.2) is 31.7 Å². The Hall–Kier alpha value is -3.35. The van der Waals surface area contributed by atoms with Crippen LogP contribution in [0.3, 0.4) is 0 Å². The van der Waals surface area contributed by atoms with Crippen molar-refractivity contribution >= 4 is 18.0 Å². The molecule has 0 spiro atoms. The lowest BCUT2D eigenvalue weighted by atomic mass is 10.1. The van der Waals surface area contributed by atoms with Crippen LogP contribution in [0.5, 0.6) is 11.5 Å². The Balaban J connectivity index is 1.48. The van der Waals surface area contributed by atoms with E-state index in [1.165, 1.54) is 18.2 Å². The van der Waals surface area contributed by atoms with Crippen LogP contribution in [-0.2, 0) is 14.3 Å². The summed E-state index contributed by atoms with van der Waals surface area (Å²) in [5.41, 5.74) is 1.10. The number of carbonyl (C=O) groups is 2. The first-order valence-corrected chi connectivity index (χ1v) is 8.81. The van der Waals surface area contributed by atoms with Gasteiger partial charge in [-0.15, -0.1) is 0 Å². The molecule has 0 radical (unpaired) electrons. The lowest BCUT2D eigenvalue weighted by Crippen LogP contribution is -2.31. The normalized spacial score (nSPS) is 13.8. The standard InChI is InChI=1S/C21H20FNO5/c1-14(16-6-8-18-19(12-16)27-11-10-26-18)23-20(24)13-28-21(25)9-7-15-4-2-3-5-17(15)22/h2-9,12,14H,10-11,13H2,1H3,(H,23,24)/b9-7+/t14-/m1/s1. The third-order valence-corrected chi connectivity index (χ3v) is 4.09. The number of nitrogens with one attached hydrogen (secondary N) is 1. The van der Waals surface area contributed by atoms with Gasteiger partial charge in [0, 0.05) is 11.6 Å². The minimum atomic E-state index is -0.731. The summed E-state index contributed by atoms with van der Waals surface area (Å²) in [4.78, 5) is 23.7. The molecule has 1 amide bonds. The van der Waals surface area contributed by atoms with Crippen molar-refractivity contribution < 1.29 is 28.2 Å². The number of ether oxygens (including phenoxy) is 3. The van der Waals surface area contributed by atoms with Gasteiger partial charge in [0.25, 0.3) is 5.91 Å². The van der Waals surface area contributed by atoms with E-state index in [2.05, 4.69) is 5.32 Å². The van der Waals surface area contributed by atoms with E-state index in [4.69, 9.17) is 14.2 Å². The third kappa shape index (κ3) is 5.09. The molecule has 1 atom stereocenters. The molecule has 1 heterocycles. The van der Waals surface area contributed by atoms with Gasteiger partial charge in [0.2, 0.25) is 0 Å². The smallest absolute Gasteiger partial charge is 0.331 e. The number of hydrogen-bond donors (Lipinski definition) is 1. The van der Waals surface area contributed by atoms with E-state index >= 15 is 0 Å². The molecule has 6 nitrogen and oxygen atoms in total. The Morgan fingerprint density at radius 2 is 1.93 bits per heavy atom. The van der Waals surface area contributed by atoms with Crippen molar-refractivity contribution in [2.75, 3.05) is 19.8 Å². The van der Waals surface area contributed by atoms with Crippen LogP contribution < -0.4 is 14.8 Å². The second-order valence-electron chi connectivity index (χ2n) is 6.15. The maximum Gasteiger partial charge on any atom is 0.331 e. The van der Waals surface area contributed by atoms with Gasteiger partial charge in [-0.1, -0.05) is 24.3 Å². The minimum Gasteiger partial charge on any atom is -0.486 e. The van der Waals surface area contributed by atoms with Crippen molar-refractivity contribution in [1.82, 2.24) is 5.32 Å². The fraction of sp³-hybridized carbons (Fsp3) is 0.238. The van der Waals surface area contributed by atoms with E-state index in [0.717, 1.165) is 11.6 Å². The molecule has 7 heteroatoms. The SMILES string of the molecule is C[C@@H](NC(=O)COC(=O)/C=C/c1ccccc1F)c1ccc2c(c1)OCCO2. The first-order valence-electron chi connectivity index (χ1n) is 8.81. The van der Waals surface area contributed by atoms with Crippen LogP contribution in [0.4, 0.5) is 4.39 Å². The largest absolute Gasteiger partial charge is 0.486 e. The molecular weight excluding hydrogens is 365 g/mol. The van der Waals surface area contributed by atoms with Crippen LogP contribution in [0, 0.1) is 5.82 Å². The molecule has 28 heavy (non-hydrogen) atoms. The van der Waals surface area contributed by atoms with Crippen LogP contribution in [0.2, 0.25) is 0 Å². The Bertz CT molecular complexity index is 896. The topological polar surface area (TPSA) is 73.9 Å². The fourth-order valence-corrected chi connectivity index (χ4v) is 2.65. The lowest BCUT2D eigenvalue weighted by molar-refractivity contribution is -0.144. The maximum absolute atomic E-state index is 13.5. The Labute approximate surface area is 161 Å². The van der Waals surface area contributed by atoms with E-state index in [1.54, 1.807) is 18.2 Å². The molecule has 1 N–H and O–H groups in total. The van der Waals surface area contributed by atoms with Gasteiger partial charge in [-0.25, -0.2) is 9.18 Å². The van der Waals surface area contributed by atoms with Gasteiger partial charge in [-0.2, -0.15) is 0 Å². The van der Waals surface area contributed by atoms with Crippen molar-refractivity contribution in [3.63, 3.8) is 0 Å². The second kappa shape index (κ2) is 9.03. The van der Waals surface area contributed by atoms with Crippen LogP contribution >= 0.6 is 0 Å². The van der Waals surface area contributed by atoms with Crippen LogP contribution in [0.15, 0.2) is 48.5 Å². The Morgan fingerprint density at radius 3 is 2.71 bits per heavy atom. The Morgan fingerprint density at radius 1 is 1.18 bits per heavy atom. The van der Waals surface area contributed by atoms with Gasteiger partial charge in [0.1, 0.15) is 19.0 Å². The molecule has 0 aliphatic carbocycles. The summed E-state index contributed by atoms with van der Waals surface area (Å²) in [5.74, 6) is -0.323. The van der Waals surface area contributed by atoms with Crippen LogP contribution in [0.1, 0.15) is 24.1 Å². The summed E-state index contributed by atoms with van der Waals surface area (Å²) in [5, 5.41) is 2.74. The fourth-order valence-electron chi connectivity index (χ4n) is 2.65. The number of benzene rings is 2. The number of halogens is 1. The predicted octanol–water partition coefficient (Wildman–Crippen LogP) is 3.03. The number of carbonyl (C=O) groups excluding carboxylic acids is 2. The van der Waals surface area contributed by atoms with Gasteiger partial charge < -0.3 is 19.5 Å². The highest BCUT2D eigenvalue weighted by Gasteiger charge is 2.16. The summed E-state index contributed by atoms with van der Waals surface area (Å²) in [6.45, 7) is 2.36. The number of fused-ring (bicyclic) bond motifs is 1. The zero-order valence-corrected chi connectivity index (χ0v) is 15.3. The average Bonchev–Trinajstić information content (AvgIpc) is 2.71. The summed E-state index contributed by atoms with van der Waals surface area (Å²) in [7, 11) is 0. The summed E-state index contributed by atoms with van der Waals surface area (Å²) >= 11 is 0. The van der Waals surface area contributed by atoms with Gasteiger partial charge in [0.15, 0.2) is 18.1 Å². The van der Waals surface area contributed by atoms with Crippen molar-refractivity contribution in [1.29, 1.82) is 0 Å². The van der Waals surface area contributed by atoms with E-state index in [0.29, 0.717) is 24.7 Å². The molecule has 1 aliphatic heterocycles. The highest BCUT2D eigenvalue weighted by atomic mass is 19.1. The number of esters is 1. The zero-order chi connectivity index (χ0) is 19.9. The second-order valence-corrected chi connectivity index (χ2v) is 6.15. The van der Waals surface area contributed by atoms with Gasteiger partial charge >= 0.3 is 5.97 Å². The summed E-state index contributed by atoms with van der Waals surface area (Å²) in [6, 6.07) is 11.2. The summed E-state index contributed by atoms with van der Waals surface area (Å²) in [6.07, 6.45) is 2.38. The molecule has 0 unspecified atom stereocenters. The highest BCUT2D eigenvalue weighted by molar-refractivity contribution is 5.89. The van der Waals surface area contributed by atoms with Crippen molar-refractivity contribution in [2.24, 2.45) is 0 Å². The lowest BCUT2D eigenvalue weighted by Gasteiger charge is -2.21. The molecule has 0 bridgehead atoms. The molecular formula is C21H20FNO5. The molecule has 0 saturated heterocycles. The molecule has 0 saturated carbocycles. The van der Waals surface area contributed by atoms with Crippen molar-refractivity contribution in [3.8, 4) is 11.5 Å². The van der Waals surface area contributed by atoms with E-state index < -0.39 is 24.3 Å². The van der Waals surface area contributed by atoms with E-state index in [1.807, 2.05) is 19.1 Å². The Kier molecular flexibility index (Phi) is 6.26. The molecule has 2 aromatic carbocycles. The molecule has 1 aliphatic rings. The molecule has 2 aromatic rings. The third-order valence-electron chi connectivity index (χ3n) is 4.09. The predicted molar refractivity (Wildman–Crippen MR) is 100 cm³/mol. The van der Waals surface area contributed by atoms with Gasteiger partial charge in [0.05, 0.1) is 6.04 Å². The monoisotopic (exact) mass is 385 g/mol. The molecule has 3 rings (SSSR count). The highest BCUT2D eigenvalue weighted by Crippen LogP contribution is 2.32. The van der Waals surface area contributed by atoms with Crippen LogP contribution in [0.25, 0.3) is 6.08 Å². The van der Waals surface area contributed by atoms with E-state index in [-0.39, 0.29) is 11.6 Å².